The quantitative estimate of drug-likeness (QED) is 0.863. The summed E-state index contributed by atoms with van der Waals surface area (Å²) < 4.78 is 13.6. The fraction of sp³-hybridized carbons (Fsp3) is 0.765. The summed E-state index contributed by atoms with van der Waals surface area (Å²) in [6.07, 6.45) is 7.47. The fourth-order valence-corrected chi connectivity index (χ4v) is 3.33. The van der Waals surface area contributed by atoms with E-state index < -0.39 is 6.10 Å². The molecule has 0 radical (unpaired) electrons. The average Bonchev–Trinajstić information content (AvgIpc) is 3.17. The van der Waals surface area contributed by atoms with Gasteiger partial charge >= 0.3 is 0 Å². The van der Waals surface area contributed by atoms with Crippen molar-refractivity contribution >= 4 is 5.91 Å². The molecular formula is C17H27N3O3. The minimum Gasteiger partial charge on any atom is -0.376 e. The molecule has 0 spiro atoms. The predicted octanol–water partition coefficient (Wildman–Crippen LogP) is 1.53. The Morgan fingerprint density at radius 2 is 2.39 bits per heavy atom. The Morgan fingerprint density at radius 1 is 1.52 bits per heavy atom. The summed E-state index contributed by atoms with van der Waals surface area (Å²) >= 11 is 0. The molecule has 1 aromatic rings. The number of carbonyl (C=O) groups is 1. The van der Waals surface area contributed by atoms with Gasteiger partial charge in [-0.3, -0.25) is 4.79 Å². The van der Waals surface area contributed by atoms with Crippen LogP contribution in [0.3, 0.4) is 0 Å². The zero-order valence-corrected chi connectivity index (χ0v) is 14.0. The first-order valence-electron chi connectivity index (χ1n) is 8.67. The van der Waals surface area contributed by atoms with Gasteiger partial charge in [0, 0.05) is 38.0 Å². The van der Waals surface area contributed by atoms with E-state index in [0.717, 1.165) is 44.7 Å². The molecule has 3 rings (SSSR count). The maximum atomic E-state index is 12.6. The Bertz CT molecular complexity index is 523. The highest BCUT2D eigenvalue weighted by Gasteiger charge is 2.28. The molecule has 1 amide bonds. The normalized spacial score (nSPS) is 25.3. The van der Waals surface area contributed by atoms with E-state index in [4.69, 9.17) is 9.47 Å². The van der Waals surface area contributed by atoms with Crippen LogP contribution in [0.2, 0.25) is 0 Å². The van der Waals surface area contributed by atoms with Crippen LogP contribution in [0.15, 0.2) is 12.4 Å². The number of imidazole rings is 1. The Hall–Kier alpha value is -1.40. The van der Waals surface area contributed by atoms with E-state index >= 15 is 0 Å². The van der Waals surface area contributed by atoms with Crippen LogP contribution < -0.4 is 5.32 Å². The van der Waals surface area contributed by atoms with Gasteiger partial charge in [0.05, 0.1) is 12.7 Å². The summed E-state index contributed by atoms with van der Waals surface area (Å²) in [4.78, 5) is 16.9. The van der Waals surface area contributed by atoms with Crippen molar-refractivity contribution in [2.75, 3.05) is 13.2 Å². The lowest BCUT2D eigenvalue weighted by molar-refractivity contribution is -0.139. The van der Waals surface area contributed by atoms with Crippen LogP contribution in [0.25, 0.3) is 0 Å². The molecular weight excluding hydrogens is 294 g/mol. The van der Waals surface area contributed by atoms with Gasteiger partial charge in [0.1, 0.15) is 11.9 Å². The van der Waals surface area contributed by atoms with E-state index in [9.17, 15) is 4.79 Å². The van der Waals surface area contributed by atoms with Crippen molar-refractivity contribution in [1.82, 2.24) is 14.9 Å². The number of hydrogen-bond donors (Lipinski definition) is 1. The van der Waals surface area contributed by atoms with Crippen LogP contribution in [0.1, 0.15) is 38.9 Å². The fourth-order valence-electron chi connectivity index (χ4n) is 3.33. The number of nitrogens with one attached hydrogen (secondary N) is 1. The molecule has 1 saturated heterocycles. The Labute approximate surface area is 137 Å². The zero-order chi connectivity index (χ0) is 16.2. The number of aromatic nitrogens is 2. The van der Waals surface area contributed by atoms with E-state index in [1.807, 2.05) is 26.2 Å². The molecule has 0 saturated carbocycles. The zero-order valence-electron chi connectivity index (χ0n) is 14.0. The Balaban J connectivity index is 1.52. The minimum absolute atomic E-state index is 0.00781. The minimum atomic E-state index is -0.414. The molecule has 3 atom stereocenters. The van der Waals surface area contributed by atoms with E-state index in [-0.39, 0.29) is 24.0 Å². The maximum Gasteiger partial charge on any atom is 0.249 e. The molecule has 1 aromatic heterocycles. The van der Waals surface area contributed by atoms with Gasteiger partial charge in [0.15, 0.2) is 0 Å². The smallest absolute Gasteiger partial charge is 0.249 e. The van der Waals surface area contributed by atoms with Crippen molar-refractivity contribution in [1.29, 1.82) is 0 Å². The van der Waals surface area contributed by atoms with Crippen molar-refractivity contribution in [2.45, 2.75) is 64.3 Å². The lowest BCUT2D eigenvalue weighted by atomic mass is 10.0. The molecule has 6 heteroatoms. The Kier molecular flexibility index (Phi) is 5.33. The van der Waals surface area contributed by atoms with E-state index in [1.165, 1.54) is 0 Å². The van der Waals surface area contributed by atoms with Gasteiger partial charge in [0.2, 0.25) is 5.91 Å². The molecule has 1 fully saturated rings. The van der Waals surface area contributed by atoms with Crippen molar-refractivity contribution in [3.63, 3.8) is 0 Å². The lowest BCUT2D eigenvalue weighted by Crippen LogP contribution is -2.48. The van der Waals surface area contributed by atoms with Gasteiger partial charge in [-0.05, 0) is 25.2 Å². The third kappa shape index (κ3) is 4.12. The number of hydrogen-bond acceptors (Lipinski definition) is 4. The van der Waals surface area contributed by atoms with Gasteiger partial charge < -0.3 is 19.4 Å². The molecule has 0 unspecified atom stereocenters. The third-order valence-corrected chi connectivity index (χ3v) is 4.63. The van der Waals surface area contributed by atoms with Crippen LogP contribution in [0, 0.1) is 5.92 Å². The number of rotatable bonds is 6. The second kappa shape index (κ2) is 7.45. The number of aryl methyl sites for hydroxylation is 1. The number of ether oxygens (including phenoxy) is 2. The van der Waals surface area contributed by atoms with E-state index in [0.29, 0.717) is 6.61 Å². The molecule has 1 N–H and O–H groups in total. The van der Waals surface area contributed by atoms with Gasteiger partial charge in [-0.15, -0.1) is 0 Å². The highest BCUT2D eigenvalue weighted by Crippen LogP contribution is 2.17. The van der Waals surface area contributed by atoms with Gasteiger partial charge in [-0.25, -0.2) is 4.98 Å². The average molecular weight is 321 g/mol. The Morgan fingerprint density at radius 3 is 3.13 bits per heavy atom. The summed E-state index contributed by atoms with van der Waals surface area (Å²) in [7, 11) is 0. The first-order chi connectivity index (χ1) is 11.1. The molecule has 3 heterocycles. The molecule has 0 bridgehead atoms. The van der Waals surface area contributed by atoms with Crippen LogP contribution in [-0.4, -0.2) is 46.9 Å². The van der Waals surface area contributed by atoms with Gasteiger partial charge in [-0.1, -0.05) is 13.8 Å². The molecule has 0 aliphatic carbocycles. The molecule has 6 nitrogen and oxygen atoms in total. The van der Waals surface area contributed by atoms with Crippen molar-refractivity contribution < 1.29 is 14.3 Å². The number of carbonyl (C=O) groups excluding carboxylic acids is 1. The van der Waals surface area contributed by atoms with Crippen molar-refractivity contribution in [3.8, 4) is 0 Å². The largest absolute Gasteiger partial charge is 0.376 e. The topological polar surface area (TPSA) is 65.4 Å². The standard InChI is InChI=1S/C17H27N3O3/c1-12(2)16(23-11-14-4-3-9-22-14)17(21)19-13-5-6-15-18-7-8-20(15)10-13/h7-8,12-14,16H,3-6,9-11H2,1-2H3,(H,19,21)/t13-,14+,16-/m0/s1. The number of nitrogens with zero attached hydrogens (tertiary/aromatic N) is 2. The lowest BCUT2D eigenvalue weighted by Gasteiger charge is -2.28. The summed E-state index contributed by atoms with van der Waals surface area (Å²) in [6, 6.07) is 0.150. The third-order valence-electron chi connectivity index (χ3n) is 4.63. The monoisotopic (exact) mass is 321 g/mol. The van der Waals surface area contributed by atoms with Crippen LogP contribution in [0.4, 0.5) is 0 Å². The van der Waals surface area contributed by atoms with Gasteiger partial charge in [-0.2, -0.15) is 0 Å². The first kappa shape index (κ1) is 16.5. The molecule has 2 aliphatic rings. The van der Waals surface area contributed by atoms with E-state index in [2.05, 4.69) is 14.9 Å². The highest BCUT2D eigenvalue weighted by atomic mass is 16.5. The maximum absolute atomic E-state index is 12.6. The number of amides is 1. The second-order valence-corrected chi connectivity index (χ2v) is 6.87. The van der Waals surface area contributed by atoms with Crippen molar-refractivity contribution in [3.05, 3.63) is 18.2 Å². The highest BCUT2D eigenvalue weighted by molar-refractivity contribution is 5.81. The predicted molar refractivity (Wildman–Crippen MR) is 86.0 cm³/mol. The summed E-state index contributed by atoms with van der Waals surface area (Å²) in [5.41, 5.74) is 0. The summed E-state index contributed by atoms with van der Waals surface area (Å²) in [6.45, 7) is 6.15. The SMILES string of the molecule is CC(C)[C@H](OC[C@H]1CCCO1)C(=O)N[C@H]1CCc2nccn2C1. The second-order valence-electron chi connectivity index (χ2n) is 6.87. The number of fused-ring (bicyclic) bond motifs is 1. The van der Waals surface area contributed by atoms with Gasteiger partial charge in [0.25, 0.3) is 0 Å². The van der Waals surface area contributed by atoms with Crippen LogP contribution in [-0.2, 0) is 27.2 Å². The molecule has 128 valence electrons. The van der Waals surface area contributed by atoms with E-state index in [1.54, 1.807) is 0 Å². The molecule has 0 aromatic carbocycles. The van der Waals surface area contributed by atoms with Crippen LogP contribution in [0.5, 0.6) is 0 Å². The first-order valence-corrected chi connectivity index (χ1v) is 8.67. The summed E-state index contributed by atoms with van der Waals surface area (Å²) in [5.74, 6) is 1.24. The summed E-state index contributed by atoms with van der Waals surface area (Å²) in [5, 5.41) is 3.15. The molecule has 2 aliphatic heterocycles. The molecule has 23 heavy (non-hydrogen) atoms. The van der Waals surface area contributed by atoms with Crippen LogP contribution >= 0.6 is 0 Å². The van der Waals surface area contributed by atoms with Crippen molar-refractivity contribution in [2.24, 2.45) is 5.92 Å².